The van der Waals surface area contributed by atoms with Gasteiger partial charge in [-0.2, -0.15) is 0 Å². The Morgan fingerprint density at radius 3 is 2.64 bits per heavy atom. The summed E-state index contributed by atoms with van der Waals surface area (Å²) in [6.07, 6.45) is 2.41. The average Bonchev–Trinajstić information content (AvgIpc) is 3.00. The lowest BCUT2D eigenvalue weighted by atomic mass is 9.95. The van der Waals surface area contributed by atoms with E-state index < -0.39 is 5.82 Å². The third-order valence-corrected chi connectivity index (χ3v) is 6.27. The number of fused-ring (bicyclic) bond motifs is 1. The number of rotatable bonds is 3. The van der Waals surface area contributed by atoms with Gasteiger partial charge < -0.3 is 15.1 Å². The highest BCUT2D eigenvalue weighted by molar-refractivity contribution is 5.79. The SMILES string of the molecule is CC(=O)N1CCC2C(C1)NC(=O)N2C1CCN(Cc2cc(F)ccc2F)CC1. The summed E-state index contributed by atoms with van der Waals surface area (Å²) in [5, 5.41) is 3.04. The van der Waals surface area contributed by atoms with Crippen LogP contribution in [0.5, 0.6) is 0 Å². The minimum Gasteiger partial charge on any atom is -0.341 e. The van der Waals surface area contributed by atoms with E-state index >= 15 is 0 Å². The van der Waals surface area contributed by atoms with Crippen molar-refractivity contribution in [1.82, 2.24) is 20.0 Å². The summed E-state index contributed by atoms with van der Waals surface area (Å²) in [6.45, 7) is 4.66. The van der Waals surface area contributed by atoms with Crippen LogP contribution in [0.25, 0.3) is 0 Å². The minimum absolute atomic E-state index is 0.00966. The van der Waals surface area contributed by atoms with Gasteiger partial charge in [0.15, 0.2) is 0 Å². The zero-order valence-electron chi connectivity index (χ0n) is 16.0. The fourth-order valence-electron chi connectivity index (χ4n) is 4.78. The zero-order valence-corrected chi connectivity index (χ0v) is 16.0. The average molecular weight is 392 g/mol. The van der Waals surface area contributed by atoms with Gasteiger partial charge in [-0.15, -0.1) is 0 Å². The van der Waals surface area contributed by atoms with Crippen molar-refractivity contribution in [2.24, 2.45) is 0 Å². The first-order chi connectivity index (χ1) is 13.4. The Hall–Kier alpha value is -2.22. The molecule has 3 amide bonds. The standard InChI is InChI=1S/C20H26F2N4O2/c1-13(27)25-9-6-19-18(12-25)23-20(28)26(19)16-4-7-24(8-5-16)11-14-10-15(21)2-3-17(14)22/h2-3,10,16,18-19H,4-9,11-12H2,1H3,(H,23,28). The van der Waals surface area contributed by atoms with Crippen LogP contribution in [0.2, 0.25) is 0 Å². The number of carbonyl (C=O) groups is 2. The van der Waals surface area contributed by atoms with Crippen molar-refractivity contribution in [3.8, 4) is 0 Å². The van der Waals surface area contributed by atoms with Crippen LogP contribution in [0.4, 0.5) is 13.6 Å². The highest BCUT2D eigenvalue weighted by Gasteiger charge is 2.46. The number of hydrogen-bond acceptors (Lipinski definition) is 3. The summed E-state index contributed by atoms with van der Waals surface area (Å²) >= 11 is 0. The number of piperidine rings is 2. The lowest BCUT2D eigenvalue weighted by Crippen LogP contribution is -2.55. The Labute approximate surface area is 163 Å². The number of nitrogens with zero attached hydrogens (tertiary/aromatic N) is 3. The van der Waals surface area contributed by atoms with Crippen LogP contribution in [0.1, 0.15) is 31.7 Å². The van der Waals surface area contributed by atoms with Crippen molar-refractivity contribution in [2.75, 3.05) is 26.2 Å². The lowest BCUT2D eigenvalue weighted by molar-refractivity contribution is -0.130. The van der Waals surface area contributed by atoms with Crippen molar-refractivity contribution >= 4 is 11.9 Å². The van der Waals surface area contributed by atoms with E-state index in [0.29, 0.717) is 25.2 Å². The second kappa shape index (κ2) is 7.66. The largest absolute Gasteiger partial charge is 0.341 e. The van der Waals surface area contributed by atoms with Gasteiger partial charge in [0.25, 0.3) is 0 Å². The maximum atomic E-state index is 13.9. The van der Waals surface area contributed by atoms with E-state index in [2.05, 4.69) is 10.2 Å². The van der Waals surface area contributed by atoms with Gasteiger partial charge >= 0.3 is 6.03 Å². The molecule has 28 heavy (non-hydrogen) atoms. The summed E-state index contributed by atoms with van der Waals surface area (Å²) in [5.74, 6) is -0.769. The summed E-state index contributed by atoms with van der Waals surface area (Å²) in [5.41, 5.74) is 0.369. The monoisotopic (exact) mass is 392 g/mol. The van der Waals surface area contributed by atoms with Gasteiger partial charge in [-0.05, 0) is 37.5 Å². The van der Waals surface area contributed by atoms with Crippen molar-refractivity contribution in [1.29, 1.82) is 0 Å². The molecule has 4 rings (SSSR count). The minimum atomic E-state index is -0.428. The Balaban J connectivity index is 1.35. The molecule has 3 aliphatic rings. The molecule has 1 N–H and O–H groups in total. The molecule has 0 bridgehead atoms. The molecule has 1 aromatic rings. The fraction of sp³-hybridized carbons (Fsp3) is 0.600. The molecular formula is C20H26F2N4O2. The molecule has 152 valence electrons. The first-order valence-electron chi connectivity index (χ1n) is 9.93. The molecule has 3 heterocycles. The van der Waals surface area contributed by atoms with Crippen molar-refractivity contribution in [3.05, 3.63) is 35.4 Å². The molecule has 8 heteroatoms. The van der Waals surface area contributed by atoms with Gasteiger partial charge in [0.1, 0.15) is 11.6 Å². The predicted molar refractivity (Wildman–Crippen MR) is 99.5 cm³/mol. The van der Waals surface area contributed by atoms with Crippen LogP contribution in [0, 0.1) is 11.6 Å². The first-order valence-corrected chi connectivity index (χ1v) is 9.93. The number of amides is 3. The van der Waals surface area contributed by atoms with E-state index in [0.717, 1.165) is 38.4 Å². The van der Waals surface area contributed by atoms with Crippen molar-refractivity contribution in [3.63, 3.8) is 0 Å². The Morgan fingerprint density at radius 2 is 1.93 bits per heavy atom. The highest BCUT2D eigenvalue weighted by atomic mass is 19.1. The Bertz CT molecular complexity index is 767. The van der Waals surface area contributed by atoms with Gasteiger partial charge in [-0.25, -0.2) is 13.6 Å². The van der Waals surface area contributed by atoms with E-state index in [1.165, 1.54) is 12.1 Å². The highest BCUT2D eigenvalue weighted by Crippen LogP contribution is 2.29. The molecule has 0 aromatic heterocycles. The van der Waals surface area contributed by atoms with Crippen LogP contribution in [-0.2, 0) is 11.3 Å². The number of carbonyl (C=O) groups excluding carboxylic acids is 2. The molecule has 3 aliphatic heterocycles. The quantitative estimate of drug-likeness (QED) is 0.856. The molecule has 0 radical (unpaired) electrons. The summed E-state index contributed by atoms with van der Waals surface area (Å²) in [6, 6.07) is 3.76. The molecule has 3 fully saturated rings. The zero-order chi connectivity index (χ0) is 19.8. The number of urea groups is 1. The molecule has 0 saturated carbocycles. The van der Waals surface area contributed by atoms with Gasteiger partial charge in [-0.3, -0.25) is 9.69 Å². The Morgan fingerprint density at radius 1 is 1.18 bits per heavy atom. The van der Waals surface area contributed by atoms with Crippen LogP contribution in [0.3, 0.4) is 0 Å². The predicted octanol–water partition coefficient (Wildman–Crippen LogP) is 1.94. The first kappa shape index (κ1) is 19.1. The third-order valence-electron chi connectivity index (χ3n) is 6.27. The molecule has 2 unspecified atom stereocenters. The second-order valence-electron chi connectivity index (χ2n) is 8.03. The van der Waals surface area contributed by atoms with Gasteiger partial charge in [0.2, 0.25) is 5.91 Å². The maximum absolute atomic E-state index is 13.9. The summed E-state index contributed by atoms with van der Waals surface area (Å²) < 4.78 is 27.3. The number of halogens is 2. The fourth-order valence-corrected chi connectivity index (χ4v) is 4.78. The molecule has 6 nitrogen and oxygen atoms in total. The topological polar surface area (TPSA) is 55.9 Å². The normalized spacial score (nSPS) is 26.3. The number of hydrogen-bond donors (Lipinski definition) is 1. The third kappa shape index (κ3) is 3.70. The van der Waals surface area contributed by atoms with Crippen molar-refractivity contribution < 1.29 is 18.4 Å². The van der Waals surface area contributed by atoms with E-state index in [-0.39, 0.29) is 35.9 Å². The van der Waals surface area contributed by atoms with E-state index in [4.69, 9.17) is 0 Å². The molecule has 1 aromatic carbocycles. The molecule has 3 saturated heterocycles. The Kier molecular flexibility index (Phi) is 5.23. The molecule has 2 atom stereocenters. The van der Waals surface area contributed by atoms with Gasteiger partial charge in [0, 0.05) is 51.3 Å². The summed E-state index contributed by atoms with van der Waals surface area (Å²) in [7, 11) is 0. The molecule has 0 spiro atoms. The van der Waals surface area contributed by atoms with Gasteiger partial charge in [-0.1, -0.05) is 0 Å². The lowest BCUT2D eigenvalue weighted by Gasteiger charge is -2.42. The molecule has 0 aliphatic carbocycles. The maximum Gasteiger partial charge on any atom is 0.318 e. The number of nitrogens with one attached hydrogen (secondary N) is 1. The number of likely N-dealkylation sites (tertiary alicyclic amines) is 2. The van der Waals surface area contributed by atoms with Gasteiger partial charge in [0.05, 0.1) is 12.1 Å². The van der Waals surface area contributed by atoms with Crippen LogP contribution in [-0.4, -0.2) is 70.9 Å². The van der Waals surface area contributed by atoms with E-state index in [1.54, 1.807) is 11.8 Å². The van der Waals surface area contributed by atoms with Crippen LogP contribution >= 0.6 is 0 Å². The summed E-state index contributed by atoms with van der Waals surface area (Å²) in [4.78, 5) is 30.1. The smallest absolute Gasteiger partial charge is 0.318 e. The number of benzene rings is 1. The molecular weight excluding hydrogens is 366 g/mol. The van der Waals surface area contributed by atoms with Crippen LogP contribution in [0.15, 0.2) is 18.2 Å². The van der Waals surface area contributed by atoms with Crippen molar-refractivity contribution in [2.45, 2.75) is 50.9 Å². The van der Waals surface area contributed by atoms with Crippen LogP contribution < -0.4 is 5.32 Å². The van der Waals surface area contributed by atoms with E-state index in [1.807, 2.05) is 4.90 Å². The van der Waals surface area contributed by atoms with E-state index in [9.17, 15) is 18.4 Å². The second-order valence-corrected chi connectivity index (χ2v) is 8.03.